The predicted octanol–water partition coefficient (Wildman–Crippen LogP) is 3.35. The summed E-state index contributed by atoms with van der Waals surface area (Å²) in [5, 5.41) is 6.13. The number of carbonyl (C=O) groups excluding carboxylic acids is 2. The lowest BCUT2D eigenvalue weighted by atomic mass is 10.3. The van der Waals surface area contributed by atoms with Crippen LogP contribution in [0.25, 0.3) is 10.7 Å². The van der Waals surface area contributed by atoms with E-state index >= 15 is 0 Å². The Morgan fingerprint density at radius 1 is 1.04 bits per heavy atom. The standard InChI is InChI=1S/C16H15N5O2S2/c1-9-13(25-15(17-9)12-8-24-10(2)18-12)14(22)20-21-16(23)19-11-6-4-3-5-7-11/h3-8H,1-2H3,(H,20,22)(H2,19,21,23). The molecule has 0 atom stereocenters. The Hall–Kier alpha value is -2.78. The first-order chi connectivity index (χ1) is 12.0. The Balaban J connectivity index is 1.61. The predicted molar refractivity (Wildman–Crippen MR) is 98.8 cm³/mol. The lowest BCUT2D eigenvalue weighted by molar-refractivity contribution is 0.0941. The van der Waals surface area contributed by atoms with Crippen LogP contribution in [0.3, 0.4) is 0 Å². The third-order valence-electron chi connectivity index (χ3n) is 3.16. The summed E-state index contributed by atoms with van der Waals surface area (Å²) in [5.41, 5.74) is 6.68. The average molecular weight is 373 g/mol. The van der Waals surface area contributed by atoms with Gasteiger partial charge >= 0.3 is 6.03 Å². The summed E-state index contributed by atoms with van der Waals surface area (Å²) < 4.78 is 0. The van der Waals surface area contributed by atoms with Crippen molar-refractivity contribution in [3.05, 3.63) is 51.3 Å². The molecular weight excluding hydrogens is 358 g/mol. The average Bonchev–Trinajstić information content (AvgIpc) is 3.19. The summed E-state index contributed by atoms with van der Waals surface area (Å²) >= 11 is 2.77. The van der Waals surface area contributed by atoms with Gasteiger partial charge in [0.1, 0.15) is 15.6 Å². The second-order valence-corrected chi connectivity index (χ2v) is 7.15. The first-order valence-corrected chi connectivity index (χ1v) is 9.05. The molecule has 0 saturated carbocycles. The fourth-order valence-electron chi connectivity index (χ4n) is 2.03. The van der Waals surface area contributed by atoms with E-state index in [2.05, 4.69) is 26.1 Å². The molecule has 3 amide bonds. The van der Waals surface area contributed by atoms with Crippen LogP contribution in [0.4, 0.5) is 10.5 Å². The zero-order valence-corrected chi connectivity index (χ0v) is 15.1. The highest BCUT2D eigenvalue weighted by atomic mass is 32.1. The Labute approximate surface area is 152 Å². The van der Waals surface area contributed by atoms with Gasteiger partial charge in [-0.2, -0.15) is 0 Å². The fraction of sp³-hybridized carbons (Fsp3) is 0.125. The van der Waals surface area contributed by atoms with Crippen molar-refractivity contribution in [1.29, 1.82) is 0 Å². The second-order valence-electron chi connectivity index (χ2n) is 5.08. The lowest BCUT2D eigenvalue weighted by Gasteiger charge is -2.08. The van der Waals surface area contributed by atoms with Gasteiger partial charge in [-0.05, 0) is 26.0 Å². The third kappa shape index (κ3) is 4.20. The summed E-state index contributed by atoms with van der Waals surface area (Å²) in [6, 6.07) is 8.41. The maximum absolute atomic E-state index is 12.3. The fourth-order valence-corrected chi connectivity index (χ4v) is 3.63. The van der Waals surface area contributed by atoms with Gasteiger partial charge in [-0.25, -0.2) is 20.2 Å². The molecular formula is C16H15N5O2S2. The molecule has 2 aromatic heterocycles. The van der Waals surface area contributed by atoms with Crippen LogP contribution in [0.2, 0.25) is 0 Å². The van der Waals surface area contributed by atoms with Gasteiger partial charge in [0.2, 0.25) is 0 Å². The first kappa shape index (κ1) is 17.1. The minimum absolute atomic E-state index is 0.420. The topological polar surface area (TPSA) is 96.0 Å². The van der Waals surface area contributed by atoms with Gasteiger partial charge in [0.05, 0.1) is 10.7 Å². The molecule has 0 aliphatic carbocycles. The number of aromatic nitrogens is 2. The van der Waals surface area contributed by atoms with Gasteiger partial charge in [-0.1, -0.05) is 18.2 Å². The third-order valence-corrected chi connectivity index (χ3v) is 5.11. The Kier molecular flexibility index (Phi) is 5.05. The van der Waals surface area contributed by atoms with E-state index in [4.69, 9.17) is 0 Å². The number of carbonyl (C=O) groups is 2. The summed E-state index contributed by atoms with van der Waals surface area (Å²) in [7, 11) is 0. The van der Waals surface area contributed by atoms with Crippen LogP contribution in [-0.4, -0.2) is 21.9 Å². The molecule has 0 radical (unpaired) electrons. The van der Waals surface area contributed by atoms with Crippen LogP contribution in [-0.2, 0) is 0 Å². The first-order valence-electron chi connectivity index (χ1n) is 7.35. The van der Waals surface area contributed by atoms with Crippen LogP contribution in [0.1, 0.15) is 20.4 Å². The molecule has 2 heterocycles. The summed E-state index contributed by atoms with van der Waals surface area (Å²) in [5.74, 6) is -0.420. The summed E-state index contributed by atoms with van der Waals surface area (Å²) in [4.78, 5) is 33.3. The van der Waals surface area contributed by atoms with Crippen molar-refractivity contribution in [2.75, 3.05) is 5.32 Å². The molecule has 3 aromatic rings. The molecule has 0 bridgehead atoms. The zero-order valence-electron chi connectivity index (χ0n) is 13.5. The zero-order chi connectivity index (χ0) is 17.8. The maximum Gasteiger partial charge on any atom is 0.337 e. The van der Waals surface area contributed by atoms with E-state index in [0.717, 1.165) is 10.7 Å². The number of hydrogen-bond acceptors (Lipinski definition) is 6. The van der Waals surface area contributed by atoms with Crippen molar-refractivity contribution in [1.82, 2.24) is 20.8 Å². The molecule has 25 heavy (non-hydrogen) atoms. The number of urea groups is 1. The van der Waals surface area contributed by atoms with Gasteiger partial charge in [-0.15, -0.1) is 22.7 Å². The van der Waals surface area contributed by atoms with E-state index in [-0.39, 0.29) is 0 Å². The van der Waals surface area contributed by atoms with Gasteiger partial charge < -0.3 is 5.32 Å². The number of rotatable bonds is 3. The number of hydrogen-bond donors (Lipinski definition) is 3. The smallest absolute Gasteiger partial charge is 0.307 e. The van der Waals surface area contributed by atoms with Crippen molar-refractivity contribution in [2.24, 2.45) is 0 Å². The van der Waals surface area contributed by atoms with E-state index in [1.54, 1.807) is 31.2 Å². The lowest BCUT2D eigenvalue weighted by Crippen LogP contribution is -2.43. The molecule has 3 N–H and O–H groups in total. The van der Waals surface area contributed by atoms with Crippen molar-refractivity contribution in [3.8, 4) is 10.7 Å². The molecule has 0 unspecified atom stereocenters. The van der Waals surface area contributed by atoms with Crippen LogP contribution in [0.5, 0.6) is 0 Å². The second kappa shape index (κ2) is 7.41. The maximum atomic E-state index is 12.3. The number of thiazole rings is 2. The molecule has 7 nitrogen and oxygen atoms in total. The van der Waals surface area contributed by atoms with E-state index in [9.17, 15) is 9.59 Å². The van der Waals surface area contributed by atoms with Gasteiger partial charge in [0.15, 0.2) is 0 Å². The monoisotopic (exact) mass is 373 g/mol. The highest BCUT2D eigenvalue weighted by Crippen LogP contribution is 2.28. The van der Waals surface area contributed by atoms with Crippen molar-refractivity contribution in [2.45, 2.75) is 13.8 Å². The molecule has 3 rings (SSSR count). The number of hydrazine groups is 1. The van der Waals surface area contributed by atoms with E-state index in [0.29, 0.717) is 21.3 Å². The van der Waals surface area contributed by atoms with E-state index < -0.39 is 11.9 Å². The van der Waals surface area contributed by atoms with Gasteiger partial charge in [-0.3, -0.25) is 10.2 Å². The number of anilines is 1. The van der Waals surface area contributed by atoms with Crippen molar-refractivity contribution < 1.29 is 9.59 Å². The molecule has 0 aliphatic heterocycles. The molecule has 128 valence electrons. The van der Waals surface area contributed by atoms with Gasteiger partial charge in [0.25, 0.3) is 5.91 Å². The molecule has 0 fully saturated rings. The van der Waals surface area contributed by atoms with Crippen molar-refractivity contribution >= 4 is 40.3 Å². The SMILES string of the molecule is Cc1nc(-c2nc(C)c(C(=O)NNC(=O)Nc3ccccc3)s2)cs1. The number of aryl methyl sites for hydroxylation is 2. The van der Waals surface area contributed by atoms with Crippen molar-refractivity contribution in [3.63, 3.8) is 0 Å². The van der Waals surface area contributed by atoms with Crippen LogP contribution < -0.4 is 16.2 Å². The molecule has 0 spiro atoms. The Morgan fingerprint density at radius 3 is 2.48 bits per heavy atom. The highest BCUT2D eigenvalue weighted by Gasteiger charge is 2.18. The number of para-hydroxylation sites is 1. The Bertz CT molecular complexity index is 904. The minimum Gasteiger partial charge on any atom is -0.307 e. The molecule has 1 aromatic carbocycles. The largest absolute Gasteiger partial charge is 0.337 e. The van der Waals surface area contributed by atoms with Gasteiger partial charge in [0, 0.05) is 11.1 Å². The normalized spacial score (nSPS) is 10.3. The van der Waals surface area contributed by atoms with E-state index in [1.807, 2.05) is 18.4 Å². The summed E-state index contributed by atoms with van der Waals surface area (Å²) in [6.07, 6.45) is 0. The van der Waals surface area contributed by atoms with Crippen LogP contribution >= 0.6 is 22.7 Å². The number of amides is 3. The molecule has 0 aliphatic rings. The van der Waals surface area contributed by atoms with E-state index in [1.165, 1.54) is 22.7 Å². The Morgan fingerprint density at radius 2 is 1.80 bits per heavy atom. The molecule has 0 saturated heterocycles. The minimum atomic E-state index is -0.530. The quantitative estimate of drug-likeness (QED) is 0.614. The number of nitrogens with zero attached hydrogens (tertiary/aromatic N) is 2. The highest BCUT2D eigenvalue weighted by molar-refractivity contribution is 7.17. The number of nitrogens with one attached hydrogen (secondary N) is 3. The summed E-state index contributed by atoms with van der Waals surface area (Å²) in [6.45, 7) is 3.66. The number of benzene rings is 1. The molecule has 9 heteroatoms. The van der Waals surface area contributed by atoms with Crippen LogP contribution in [0.15, 0.2) is 35.7 Å². The van der Waals surface area contributed by atoms with Crippen LogP contribution in [0, 0.1) is 13.8 Å².